The number of rotatable bonds is 9. The number of halogens is 3. The maximum Gasteiger partial charge on any atom is 0.402 e. The highest BCUT2D eigenvalue weighted by Crippen LogP contribution is 2.17. The molecule has 1 atom stereocenters. The second kappa shape index (κ2) is 9.80. The molecule has 0 aliphatic heterocycles. The van der Waals surface area contributed by atoms with E-state index in [-0.39, 0.29) is 10.6 Å². The number of alkyl halides is 3. The maximum atomic E-state index is 12.2. The van der Waals surface area contributed by atoms with Crippen LogP contribution in [0, 0.1) is 0 Å². The molecule has 0 aromatic heterocycles. The monoisotopic (exact) mass is 428 g/mol. The lowest BCUT2D eigenvalue weighted by Crippen LogP contribution is -2.46. The third-order valence-corrected chi connectivity index (χ3v) is 5.20. The van der Waals surface area contributed by atoms with E-state index >= 15 is 0 Å². The van der Waals surface area contributed by atoms with Gasteiger partial charge in [-0.3, -0.25) is 4.79 Å². The summed E-state index contributed by atoms with van der Waals surface area (Å²) in [5.74, 6) is 0.0223. The zero-order valence-corrected chi connectivity index (χ0v) is 15.8. The third-order valence-electron chi connectivity index (χ3n) is 3.14. The van der Waals surface area contributed by atoms with Gasteiger partial charge in [-0.1, -0.05) is 0 Å². The van der Waals surface area contributed by atoms with Gasteiger partial charge in [0.15, 0.2) is 0 Å². The Hall–Kier alpha value is -1.99. The van der Waals surface area contributed by atoms with Crippen LogP contribution in [0.15, 0.2) is 29.2 Å². The van der Waals surface area contributed by atoms with Crippen molar-refractivity contribution in [2.75, 3.05) is 23.9 Å². The van der Waals surface area contributed by atoms with Gasteiger partial charge in [0.2, 0.25) is 15.9 Å². The number of nitrogens with two attached hydrogens (primary N) is 1. The first-order chi connectivity index (χ1) is 12.4. The van der Waals surface area contributed by atoms with E-state index < -0.39 is 40.7 Å². The number of urea groups is 1. The molecule has 1 rings (SSSR count). The summed E-state index contributed by atoms with van der Waals surface area (Å²) < 4.78 is 61.5. The maximum absolute atomic E-state index is 12.2. The second-order valence-electron chi connectivity index (χ2n) is 5.30. The van der Waals surface area contributed by atoms with Crippen molar-refractivity contribution in [1.82, 2.24) is 10.0 Å². The molecule has 0 radical (unpaired) electrons. The minimum Gasteiger partial charge on any atom is -0.352 e. The molecule has 0 heterocycles. The first-order valence-electron chi connectivity index (χ1n) is 7.47. The summed E-state index contributed by atoms with van der Waals surface area (Å²) in [6.07, 6.45) is -2.53. The van der Waals surface area contributed by atoms with E-state index in [2.05, 4.69) is 10.6 Å². The van der Waals surface area contributed by atoms with E-state index in [1.54, 1.807) is 0 Å². The van der Waals surface area contributed by atoms with Gasteiger partial charge in [-0.05, 0) is 42.7 Å². The quantitative estimate of drug-likeness (QED) is 0.470. The van der Waals surface area contributed by atoms with Gasteiger partial charge in [-0.2, -0.15) is 24.9 Å². The molecule has 13 heteroatoms. The highest BCUT2D eigenvalue weighted by atomic mass is 32.2. The number of carbonyl (C=O) groups is 2. The van der Waals surface area contributed by atoms with Crippen LogP contribution in [0.1, 0.15) is 6.42 Å². The third kappa shape index (κ3) is 8.49. The molecular formula is C14H19F3N4O4S2. The van der Waals surface area contributed by atoms with Crippen molar-refractivity contribution in [2.45, 2.75) is 23.5 Å². The van der Waals surface area contributed by atoms with Crippen LogP contribution >= 0.6 is 11.8 Å². The Kier molecular flexibility index (Phi) is 8.37. The first-order valence-corrected chi connectivity index (χ1v) is 10.3. The van der Waals surface area contributed by atoms with Gasteiger partial charge in [0.1, 0.15) is 12.6 Å². The number of hydrogen-bond donors (Lipinski definition) is 4. The first kappa shape index (κ1) is 23.0. The standard InChI is InChI=1S/C14H19F3N4O4S2/c1-26-7-6-11(21-13(18)23)12(22)20-9-2-4-10(5-3-9)27(24,25)19-8-14(15,16)17/h2-5,11,19H,6-8H2,1H3,(H,20,22)(H3,18,21,23). The summed E-state index contributed by atoms with van der Waals surface area (Å²) in [4.78, 5) is 22.8. The molecular weight excluding hydrogens is 409 g/mol. The molecule has 1 aromatic rings. The average Bonchev–Trinajstić information content (AvgIpc) is 2.56. The fourth-order valence-corrected chi connectivity index (χ4v) is 3.37. The SMILES string of the molecule is CSCCC(NC(N)=O)C(=O)Nc1ccc(S(=O)(=O)NCC(F)(F)F)cc1. The Morgan fingerprint density at radius 2 is 1.81 bits per heavy atom. The predicted octanol–water partition coefficient (Wildman–Crippen LogP) is 1.26. The summed E-state index contributed by atoms with van der Waals surface area (Å²) >= 11 is 1.47. The largest absolute Gasteiger partial charge is 0.402 e. The van der Waals surface area contributed by atoms with Crippen LogP contribution < -0.4 is 21.1 Å². The van der Waals surface area contributed by atoms with Crippen LogP contribution in [0.5, 0.6) is 0 Å². The van der Waals surface area contributed by atoms with Crippen molar-refractivity contribution in [3.63, 3.8) is 0 Å². The fourth-order valence-electron chi connectivity index (χ4n) is 1.88. The summed E-state index contributed by atoms with van der Waals surface area (Å²) in [5, 5.41) is 4.78. The van der Waals surface area contributed by atoms with Crippen LogP contribution in [-0.2, 0) is 14.8 Å². The average molecular weight is 428 g/mol. The molecule has 3 amide bonds. The normalized spacial score (nSPS) is 13.0. The molecule has 0 saturated heterocycles. The molecule has 0 bridgehead atoms. The number of primary amides is 1. The number of amides is 3. The van der Waals surface area contributed by atoms with Crippen LogP contribution in [0.3, 0.4) is 0 Å². The summed E-state index contributed by atoms with van der Waals surface area (Å²) in [5.41, 5.74) is 5.24. The lowest BCUT2D eigenvalue weighted by Gasteiger charge is -2.17. The summed E-state index contributed by atoms with van der Waals surface area (Å²) in [7, 11) is -4.34. The van der Waals surface area contributed by atoms with Crippen molar-refractivity contribution in [2.24, 2.45) is 5.73 Å². The number of nitrogens with one attached hydrogen (secondary N) is 3. The van der Waals surface area contributed by atoms with Gasteiger partial charge < -0.3 is 16.4 Å². The smallest absolute Gasteiger partial charge is 0.352 e. The zero-order valence-electron chi connectivity index (χ0n) is 14.2. The van der Waals surface area contributed by atoms with Crippen LogP contribution in [0.4, 0.5) is 23.7 Å². The summed E-state index contributed by atoms with van der Waals surface area (Å²) in [6, 6.07) is 2.78. The highest BCUT2D eigenvalue weighted by Gasteiger charge is 2.30. The van der Waals surface area contributed by atoms with Crippen molar-refractivity contribution in [3.05, 3.63) is 24.3 Å². The number of anilines is 1. The molecule has 0 spiro atoms. The minimum atomic E-state index is -4.68. The predicted molar refractivity (Wildman–Crippen MR) is 95.8 cm³/mol. The molecule has 1 aromatic carbocycles. The number of sulfonamides is 1. The van der Waals surface area contributed by atoms with Crippen LogP contribution in [-0.4, -0.2) is 51.1 Å². The molecule has 0 saturated carbocycles. The number of carbonyl (C=O) groups excluding carboxylic acids is 2. The van der Waals surface area contributed by atoms with Crippen molar-refractivity contribution < 1.29 is 31.2 Å². The van der Waals surface area contributed by atoms with Gasteiger partial charge in [0, 0.05) is 5.69 Å². The van der Waals surface area contributed by atoms with Gasteiger partial charge in [-0.15, -0.1) is 0 Å². The molecule has 152 valence electrons. The van der Waals surface area contributed by atoms with Crippen molar-refractivity contribution in [3.8, 4) is 0 Å². The number of benzene rings is 1. The van der Waals surface area contributed by atoms with E-state index in [0.29, 0.717) is 12.2 Å². The summed E-state index contributed by atoms with van der Waals surface area (Å²) in [6.45, 7) is -1.69. The van der Waals surface area contributed by atoms with E-state index in [4.69, 9.17) is 5.73 Å². The fraction of sp³-hybridized carbons (Fsp3) is 0.429. The highest BCUT2D eigenvalue weighted by molar-refractivity contribution is 7.98. The Morgan fingerprint density at radius 3 is 2.30 bits per heavy atom. The Bertz CT molecular complexity index is 755. The minimum absolute atomic E-state index is 0.204. The van der Waals surface area contributed by atoms with Gasteiger partial charge in [-0.25, -0.2) is 17.9 Å². The second-order valence-corrected chi connectivity index (χ2v) is 8.05. The zero-order chi connectivity index (χ0) is 20.7. The van der Waals surface area contributed by atoms with Crippen LogP contribution in [0.25, 0.3) is 0 Å². The van der Waals surface area contributed by atoms with Gasteiger partial charge >= 0.3 is 12.2 Å². The lowest BCUT2D eigenvalue weighted by atomic mass is 10.2. The molecule has 5 N–H and O–H groups in total. The number of hydrogen-bond acceptors (Lipinski definition) is 5. The van der Waals surface area contributed by atoms with E-state index in [1.165, 1.54) is 28.6 Å². The Morgan fingerprint density at radius 1 is 1.22 bits per heavy atom. The Labute approximate surface area is 158 Å². The topological polar surface area (TPSA) is 130 Å². The molecule has 1 unspecified atom stereocenters. The van der Waals surface area contributed by atoms with E-state index in [1.807, 2.05) is 6.26 Å². The molecule has 27 heavy (non-hydrogen) atoms. The van der Waals surface area contributed by atoms with Gasteiger partial charge in [0.25, 0.3) is 0 Å². The van der Waals surface area contributed by atoms with E-state index in [9.17, 15) is 31.2 Å². The van der Waals surface area contributed by atoms with Crippen molar-refractivity contribution >= 4 is 39.4 Å². The molecule has 0 aliphatic rings. The molecule has 8 nitrogen and oxygen atoms in total. The lowest BCUT2D eigenvalue weighted by molar-refractivity contribution is -0.121. The molecule has 0 aliphatic carbocycles. The Balaban J connectivity index is 2.80. The number of thioether (sulfide) groups is 1. The van der Waals surface area contributed by atoms with Gasteiger partial charge in [0.05, 0.1) is 4.90 Å². The van der Waals surface area contributed by atoms with Crippen LogP contribution in [0.2, 0.25) is 0 Å². The molecule has 0 fully saturated rings. The van der Waals surface area contributed by atoms with Crippen molar-refractivity contribution in [1.29, 1.82) is 0 Å². The van der Waals surface area contributed by atoms with E-state index in [0.717, 1.165) is 12.1 Å².